The van der Waals surface area contributed by atoms with E-state index in [2.05, 4.69) is 0 Å². The molecule has 5 N–H and O–H groups in total. The molecule has 1 aliphatic rings. The van der Waals surface area contributed by atoms with Crippen LogP contribution in [0.1, 0.15) is 24.5 Å². The quantitative estimate of drug-likeness (QED) is 0.206. The van der Waals surface area contributed by atoms with Gasteiger partial charge in [0.1, 0.15) is 18.2 Å². The molecule has 2 unspecified atom stereocenters. The average molecular weight is 469 g/mol. The van der Waals surface area contributed by atoms with Crippen LogP contribution in [0.15, 0.2) is 48.5 Å². The number of hydrogen-bond donors (Lipinski definition) is 3. The smallest absolute Gasteiger partial charge is 0.414 e. The maximum Gasteiger partial charge on any atom is 0.414 e. The van der Waals surface area contributed by atoms with Crippen molar-refractivity contribution in [1.82, 2.24) is 0 Å². The van der Waals surface area contributed by atoms with E-state index in [1.165, 1.54) is 12.0 Å². The van der Waals surface area contributed by atoms with Crippen LogP contribution >= 0.6 is 0 Å². The van der Waals surface area contributed by atoms with E-state index in [9.17, 15) is 14.4 Å². The van der Waals surface area contributed by atoms with Gasteiger partial charge in [0.25, 0.3) is 0 Å². The van der Waals surface area contributed by atoms with Crippen molar-refractivity contribution in [3.05, 3.63) is 59.7 Å². The van der Waals surface area contributed by atoms with E-state index in [1.807, 2.05) is 0 Å². The van der Waals surface area contributed by atoms with Crippen LogP contribution in [0.3, 0.4) is 0 Å². The molecule has 0 saturated carbocycles. The SMILES string of the molecule is CCC(=O)C(N)(Cc1ccc(OCC2CN(c3ccc(C(=N)N)cc3)C(=O)O2)cc1)C(=O)OC. The normalized spacial score (nSPS) is 17.0. The molecule has 1 fully saturated rings. The van der Waals surface area contributed by atoms with Crippen molar-refractivity contribution in [1.29, 1.82) is 5.41 Å². The second-order valence-corrected chi connectivity index (χ2v) is 7.95. The number of nitrogens with one attached hydrogen (secondary N) is 1. The number of nitrogens with two attached hydrogens (primary N) is 2. The summed E-state index contributed by atoms with van der Waals surface area (Å²) in [7, 11) is 1.20. The van der Waals surface area contributed by atoms with Gasteiger partial charge < -0.3 is 25.7 Å². The van der Waals surface area contributed by atoms with Gasteiger partial charge in [-0.3, -0.25) is 15.1 Å². The Morgan fingerprint density at radius 2 is 1.82 bits per heavy atom. The Morgan fingerprint density at radius 3 is 2.38 bits per heavy atom. The van der Waals surface area contributed by atoms with E-state index in [-0.39, 0.29) is 25.3 Å². The number of amidine groups is 1. The van der Waals surface area contributed by atoms with Gasteiger partial charge in [-0.25, -0.2) is 9.59 Å². The molecule has 0 aromatic heterocycles. The minimum Gasteiger partial charge on any atom is -0.490 e. The summed E-state index contributed by atoms with van der Waals surface area (Å²) in [5, 5.41) is 7.45. The molecule has 1 aliphatic heterocycles. The molecular weight excluding hydrogens is 440 g/mol. The summed E-state index contributed by atoms with van der Waals surface area (Å²) in [6, 6.07) is 13.6. The number of hydrogen-bond acceptors (Lipinski definition) is 8. The van der Waals surface area contributed by atoms with Crippen molar-refractivity contribution in [2.24, 2.45) is 11.5 Å². The van der Waals surface area contributed by atoms with E-state index in [0.29, 0.717) is 29.1 Å². The zero-order chi connectivity index (χ0) is 24.9. The standard InChI is InChI=1S/C24H28N4O6/c1-3-20(29)24(27,22(30)32-2)12-15-4-10-18(11-5-15)33-14-19-13-28(23(31)34-19)17-8-6-16(7-9-17)21(25)26/h4-11,19H,3,12-14,27H2,1-2H3,(H3,25,26). The zero-order valence-corrected chi connectivity index (χ0v) is 19.1. The Morgan fingerprint density at radius 1 is 1.18 bits per heavy atom. The molecule has 10 heteroatoms. The molecule has 0 radical (unpaired) electrons. The van der Waals surface area contributed by atoms with Crippen molar-refractivity contribution in [3.63, 3.8) is 0 Å². The van der Waals surface area contributed by atoms with Gasteiger partial charge in [0.2, 0.25) is 0 Å². The fourth-order valence-corrected chi connectivity index (χ4v) is 3.64. The monoisotopic (exact) mass is 468 g/mol. The van der Waals surface area contributed by atoms with Gasteiger partial charge in [0, 0.05) is 24.1 Å². The maximum absolute atomic E-state index is 12.3. The first-order chi connectivity index (χ1) is 16.2. The molecule has 2 aromatic carbocycles. The highest BCUT2D eigenvalue weighted by atomic mass is 16.6. The molecule has 1 saturated heterocycles. The van der Waals surface area contributed by atoms with Crippen LogP contribution in [0, 0.1) is 5.41 Å². The van der Waals surface area contributed by atoms with Crippen LogP contribution in [0.4, 0.5) is 10.5 Å². The van der Waals surface area contributed by atoms with Crippen molar-refractivity contribution >= 4 is 29.4 Å². The van der Waals surface area contributed by atoms with Crippen LogP contribution in [0.5, 0.6) is 5.75 Å². The van der Waals surface area contributed by atoms with Gasteiger partial charge in [-0.1, -0.05) is 19.1 Å². The molecule has 1 amide bonds. The lowest BCUT2D eigenvalue weighted by molar-refractivity contribution is -0.151. The molecule has 180 valence electrons. The summed E-state index contributed by atoms with van der Waals surface area (Å²) in [6.07, 6.45) is -0.838. The number of nitrogen functional groups attached to an aromatic ring is 1. The van der Waals surface area contributed by atoms with E-state index in [0.717, 1.165) is 0 Å². The highest BCUT2D eigenvalue weighted by Crippen LogP contribution is 2.24. The van der Waals surface area contributed by atoms with Gasteiger partial charge in [-0.05, 0) is 42.0 Å². The fraction of sp³-hybridized carbons (Fsp3) is 0.333. The number of cyclic esters (lactones) is 1. The number of anilines is 1. The summed E-state index contributed by atoms with van der Waals surface area (Å²) in [6.45, 7) is 2.09. The number of carbonyl (C=O) groups excluding carboxylic acids is 3. The second-order valence-electron chi connectivity index (χ2n) is 7.95. The zero-order valence-electron chi connectivity index (χ0n) is 19.1. The summed E-state index contributed by atoms with van der Waals surface area (Å²) in [5.41, 5.74) is 11.7. The van der Waals surface area contributed by atoms with Gasteiger partial charge in [-0.2, -0.15) is 0 Å². The highest BCUT2D eigenvalue weighted by molar-refractivity contribution is 6.08. The number of carbonyl (C=O) groups is 3. The first kappa shape index (κ1) is 24.7. The third-order valence-corrected chi connectivity index (χ3v) is 5.57. The average Bonchev–Trinajstić information content (AvgIpc) is 3.22. The van der Waals surface area contributed by atoms with Gasteiger partial charge in [0.05, 0.1) is 13.7 Å². The third-order valence-electron chi connectivity index (χ3n) is 5.57. The van der Waals surface area contributed by atoms with Crippen molar-refractivity contribution in [2.75, 3.05) is 25.2 Å². The molecule has 2 atom stereocenters. The van der Waals surface area contributed by atoms with Gasteiger partial charge in [0.15, 0.2) is 17.4 Å². The number of amides is 1. The second kappa shape index (κ2) is 10.3. The van der Waals surface area contributed by atoms with E-state index >= 15 is 0 Å². The molecule has 10 nitrogen and oxygen atoms in total. The Hall–Kier alpha value is -3.92. The van der Waals surface area contributed by atoms with E-state index in [1.54, 1.807) is 55.5 Å². The van der Waals surface area contributed by atoms with Crippen molar-refractivity contribution in [3.8, 4) is 5.75 Å². The first-order valence-corrected chi connectivity index (χ1v) is 10.7. The number of methoxy groups -OCH3 is 1. The molecule has 0 spiro atoms. The van der Waals surface area contributed by atoms with Gasteiger partial charge in [-0.15, -0.1) is 0 Å². The van der Waals surface area contributed by atoms with Crippen LogP contribution in [0.2, 0.25) is 0 Å². The van der Waals surface area contributed by atoms with E-state index < -0.39 is 29.5 Å². The van der Waals surface area contributed by atoms with Crippen LogP contribution in [0.25, 0.3) is 0 Å². The summed E-state index contributed by atoms with van der Waals surface area (Å²) >= 11 is 0. The molecular formula is C24H28N4O6. The predicted octanol–water partition coefficient (Wildman–Crippen LogP) is 1.77. The molecule has 3 rings (SSSR count). The Labute approximate surface area is 197 Å². The largest absolute Gasteiger partial charge is 0.490 e. The lowest BCUT2D eigenvalue weighted by Gasteiger charge is -2.24. The number of ether oxygens (including phenoxy) is 3. The number of ketones is 1. The Balaban J connectivity index is 1.58. The van der Waals surface area contributed by atoms with Crippen LogP contribution in [-0.4, -0.2) is 55.6 Å². The fourth-order valence-electron chi connectivity index (χ4n) is 3.64. The summed E-state index contributed by atoms with van der Waals surface area (Å²) in [4.78, 5) is 38.1. The van der Waals surface area contributed by atoms with Crippen molar-refractivity contribution in [2.45, 2.75) is 31.4 Å². The molecule has 1 heterocycles. The summed E-state index contributed by atoms with van der Waals surface area (Å²) < 4.78 is 15.9. The number of rotatable bonds is 10. The molecule has 2 aromatic rings. The van der Waals surface area contributed by atoms with Crippen LogP contribution < -0.4 is 21.1 Å². The number of Topliss-reactive ketones (excluding diaryl/α,β-unsaturated/α-hetero) is 1. The van der Waals surface area contributed by atoms with Gasteiger partial charge >= 0.3 is 12.1 Å². The highest BCUT2D eigenvalue weighted by Gasteiger charge is 2.42. The molecule has 0 aliphatic carbocycles. The number of esters is 1. The topological polar surface area (TPSA) is 158 Å². The maximum atomic E-state index is 12.3. The minimum atomic E-state index is -1.74. The lowest BCUT2D eigenvalue weighted by atomic mass is 9.86. The van der Waals surface area contributed by atoms with Crippen molar-refractivity contribution < 1.29 is 28.6 Å². The predicted molar refractivity (Wildman–Crippen MR) is 125 cm³/mol. The minimum absolute atomic E-state index is 0.00421. The first-order valence-electron chi connectivity index (χ1n) is 10.7. The molecule has 0 bridgehead atoms. The Kier molecular flexibility index (Phi) is 7.52. The molecule has 34 heavy (non-hydrogen) atoms. The number of benzene rings is 2. The third kappa shape index (κ3) is 5.34. The number of nitrogens with zero attached hydrogens (tertiary/aromatic N) is 1. The summed E-state index contributed by atoms with van der Waals surface area (Å²) in [5.74, 6) is -0.690. The van der Waals surface area contributed by atoms with E-state index in [4.69, 9.17) is 31.1 Å². The lowest BCUT2D eigenvalue weighted by Crippen LogP contribution is -2.57. The van der Waals surface area contributed by atoms with Crippen LogP contribution in [-0.2, 0) is 25.5 Å². The Bertz CT molecular complexity index is 1050.